The van der Waals surface area contributed by atoms with Gasteiger partial charge in [-0.1, -0.05) is 0 Å². The minimum absolute atomic E-state index is 0.135. The van der Waals surface area contributed by atoms with Crippen molar-refractivity contribution >= 4 is 47.4 Å². The minimum atomic E-state index is -1.31. The van der Waals surface area contributed by atoms with Crippen molar-refractivity contribution in [1.82, 2.24) is 0 Å². The fourth-order valence-corrected chi connectivity index (χ4v) is 2.31. The van der Waals surface area contributed by atoms with Crippen LogP contribution < -0.4 is 0 Å². The third-order valence-electron chi connectivity index (χ3n) is 2.59. The summed E-state index contributed by atoms with van der Waals surface area (Å²) in [5.74, 6) is -3.61. The number of carbonyl (C=O) groups excluding carboxylic acids is 2. The van der Waals surface area contributed by atoms with Crippen LogP contribution in [-0.2, 0) is 28.7 Å². The molecule has 0 saturated carbocycles. The van der Waals surface area contributed by atoms with Gasteiger partial charge in [-0.2, -0.15) is 23.5 Å². The Kier molecular flexibility index (Phi) is 11.8. The van der Waals surface area contributed by atoms with Crippen molar-refractivity contribution < 1.29 is 38.9 Å². The summed E-state index contributed by atoms with van der Waals surface area (Å²) in [6.07, 6.45) is 2.65. The number of carboxylic acid groups (broad SMARTS) is 2. The molecule has 0 aliphatic heterocycles. The van der Waals surface area contributed by atoms with Crippen LogP contribution >= 0.6 is 23.5 Å². The van der Waals surface area contributed by atoms with Crippen LogP contribution in [0.2, 0.25) is 0 Å². The molecular weight excluding hydrogens is 360 g/mol. The SMILES string of the molecule is CSCCC(OC(=O)/C=C/C(=O)OC(CCSC)C(=O)O)C(=O)O. The lowest BCUT2D eigenvalue weighted by Crippen LogP contribution is -2.28. The van der Waals surface area contributed by atoms with Gasteiger partial charge in [-0.25, -0.2) is 19.2 Å². The molecule has 0 saturated heterocycles. The highest BCUT2D eigenvalue weighted by Gasteiger charge is 2.22. The maximum Gasteiger partial charge on any atom is 0.345 e. The van der Waals surface area contributed by atoms with E-state index in [1.54, 1.807) is 12.5 Å². The standard InChI is InChI=1S/C14H20O8S2/c1-23-7-5-9(13(17)18)21-11(15)3-4-12(16)22-10(14(19)20)6-8-24-2/h3-4,9-10H,5-8H2,1-2H3,(H,17,18)(H,19,20)/b4-3+. The number of esters is 2. The monoisotopic (exact) mass is 380 g/mol. The Balaban J connectivity index is 4.52. The molecular formula is C14H20O8S2. The van der Waals surface area contributed by atoms with Gasteiger partial charge in [-0.15, -0.1) is 0 Å². The molecule has 0 aliphatic carbocycles. The normalized spacial score (nSPS) is 13.2. The zero-order valence-electron chi connectivity index (χ0n) is 13.3. The van der Waals surface area contributed by atoms with E-state index >= 15 is 0 Å². The molecule has 2 N–H and O–H groups in total. The molecule has 0 aromatic heterocycles. The van der Waals surface area contributed by atoms with Crippen LogP contribution in [0.5, 0.6) is 0 Å². The van der Waals surface area contributed by atoms with E-state index in [0.717, 1.165) is 0 Å². The zero-order valence-corrected chi connectivity index (χ0v) is 14.9. The molecule has 0 heterocycles. The number of rotatable bonds is 12. The van der Waals surface area contributed by atoms with Crippen molar-refractivity contribution in [2.24, 2.45) is 0 Å². The minimum Gasteiger partial charge on any atom is -0.479 e. The fraction of sp³-hybridized carbons (Fsp3) is 0.571. The molecule has 0 aromatic carbocycles. The summed E-state index contributed by atoms with van der Waals surface area (Å²) >= 11 is 2.81. The first-order valence-corrected chi connectivity index (χ1v) is 9.63. The van der Waals surface area contributed by atoms with E-state index in [2.05, 4.69) is 0 Å². The topological polar surface area (TPSA) is 127 Å². The highest BCUT2D eigenvalue weighted by Crippen LogP contribution is 2.07. The van der Waals surface area contributed by atoms with Crippen LogP contribution in [0, 0.1) is 0 Å². The summed E-state index contributed by atoms with van der Waals surface area (Å²) < 4.78 is 9.43. The lowest BCUT2D eigenvalue weighted by molar-refractivity contribution is -0.161. The molecule has 136 valence electrons. The van der Waals surface area contributed by atoms with E-state index in [1.807, 2.05) is 0 Å². The van der Waals surface area contributed by atoms with Gasteiger partial charge in [0.05, 0.1) is 0 Å². The number of ether oxygens (including phenoxy) is 2. The van der Waals surface area contributed by atoms with Crippen LogP contribution in [0.15, 0.2) is 12.2 Å². The second-order valence-corrected chi connectivity index (χ2v) is 6.40. The lowest BCUT2D eigenvalue weighted by Gasteiger charge is -2.12. The molecule has 0 aromatic rings. The average molecular weight is 380 g/mol. The van der Waals surface area contributed by atoms with Gasteiger partial charge in [0.25, 0.3) is 0 Å². The largest absolute Gasteiger partial charge is 0.479 e. The Morgan fingerprint density at radius 2 is 1.17 bits per heavy atom. The summed E-state index contributed by atoms with van der Waals surface area (Å²) in [6, 6.07) is 0. The van der Waals surface area contributed by atoms with Crippen LogP contribution in [0.4, 0.5) is 0 Å². The third kappa shape index (κ3) is 10.2. The lowest BCUT2D eigenvalue weighted by atomic mass is 10.3. The van der Waals surface area contributed by atoms with E-state index in [9.17, 15) is 19.2 Å². The number of thioether (sulfide) groups is 2. The van der Waals surface area contributed by atoms with Crippen molar-refractivity contribution in [3.8, 4) is 0 Å². The molecule has 0 radical (unpaired) electrons. The Morgan fingerprint density at radius 1 is 0.833 bits per heavy atom. The fourth-order valence-electron chi connectivity index (χ4n) is 1.41. The molecule has 2 unspecified atom stereocenters. The van der Waals surface area contributed by atoms with Crippen molar-refractivity contribution in [3.63, 3.8) is 0 Å². The van der Waals surface area contributed by atoms with Crippen molar-refractivity contribution in [2.75, 3.05) is 24.0 Å². The van der Waals surface area contributed by atoms with E-state index in [0.29, 0.717) is 23.7 Å². The van der Waals surface area contributed by atoms with Gasteiger partial charge in [-0.05, 0) is 24.0 Å². The van der Waals surface area contributed by atoms with Crippen LogP contribution in [0.1, 0.15) is 12.8 Å². The van der Waals surface area contributed by atoms with E-state index in [4.69, 9.17) is 19.7 Å². The molecule has 10 heteroatoms. The van der Waals surface area contributed by atoms with E-state index in [-0.39, 0.29) is 12.8 Å². The van der Waals surface area contributed by atoms with Gasteiger partial charge in [0.2, 0.25) is 0 Å². The first kappa shape index (κ1) is 22.3. The highest BCUT2D eigenvalue weighted by atomic mass is 32.2. The Labute approximate surface area is 148 Å². The quantitative estimate of drug-likeness (QED) is 0.374. The molecule has 0 fully saturated rings. The van der Waals surface area contributed by atoms with E-state index < -0.39 is 36.1 Å². The molecule has 0 bridgehead atoms. The van der Waals surface area contributed by atoms with Gasteiger partial charge >= 0.3 is 23.9 Å². The number of carboxylic acids is 2. The Morgan fingerprint density at radius 3 is 1.42 bits per heavy atom. The third-order valence-corrected chi connectivity index (χ3v) is 3.88. The summed E-state index contributed by atoms with van der Waals surface area (Å²) in [5, 5.41) is 17.8. The van der Waals surface area contributed by atoms with Gasteiger partial charge < -0.3 is 19.7 Å². The molecule has 0 rings (SSSR count). The summed E-state index contributed by atoms with van der Waals surface area (Å²) in [6.45, 7) is 0. The van der Waals surface area contributed by atoms with Crippen LogP contribution in [0.25, 0.3) is 0 Å². The maximum atomic E-state index is 11.5. The molecule has 0 amide bonds. The van der Waals surface area contributed by atoms with Crippen molar-refractivity contribution in [2.45, 2.75) is 25.0 Å². The van der Waals surface area contributed by atoms with Gasteiger partial charge in [0.1, 0.15) is 0 Å². The first-order chi connectivity index (χ1) is 11.3. The summed E-state index contributed by atoms with van der Waals surface area (Å²) in [4.78, 5) is 44.9. The average Bonchev–Trinajstić information content (AvgIpc) is 2.52. The molecule has 2 atom stereocenters. The smallest absolute Gasteiger partial charge is 0.345 e. The number of hydrogen-bond acceptors (Lipinski definition) is 8. The first-order valence-electron chi connectivity index (χ1n) is 6.84. The zero-order chi connectivity index (χ0) is 18.5. The van der Waals surface area contributed by atoms with Crippen LogP contribution in [-0.4, -0.2) is 70.3 Å². The van der Waals surface area contributed by atoms with Crippen molar-refractivity contribution in [3.05, 3.63) is 12.2 Å². The molecule has 0 spiro atoms. The molecule has 24 heavy (non-hydrogen) atoms. The Hall–Kier alpha value is -1.68. The number of carbonyl (C=O) groups is 4. The predicted octanol–water partition coefficient (Wildman–Crippen LogP) is 1.04. The Bertz CT molecular complexity index is 435. The summed E-state index contributed by atoms with van der Waals surface area (Å²) in [7, 11) is 0. The van der Waals surface area contributed by atoms with E-state index in [1.165, 1.54) is 23.5 Å². The number of aliphatic carboxylic acids is 2. The summed E-state index contributed by atoms with van der Waals surface area (Å²) in [5.41, 5.74) is 0. The molecule has 0 aliphatic rings. The molecule has 8 nitrogen and oxygen atoms in total. The second-order valence-electron chi connectivity index (χ2n) is 4.42. The second kappa shape index (κ2) is 12.7. The maximum absolute atomic E-state index is 11.5. The van der Waals surface area contributed by atoms with Gasteiger partial charge in [0, 0.05) is 25.0 Å². The highest BCUT2D eigenvalue weighted by molar-refractivity contribution is 7.98. The van der Waals surface area contributed by atoms with Gasteiger partial charge in [0.15, 0.2) is 12.2 Å². The van der Waals surface area contributed by atoms with Gasteiger partial charge in [-0.3, -0.25) is 0 Å². The van der Waals surface area contributed by atoms with Crippen LogP contribution in [0.3, 0.4) is 0 Å². The van der Waals surface area contributed by atoms with Crippen molar-refractivity contribution in [1.29, 1.82) is 0 Å². The number of hydrogen-bond donors (Lipinski definition) is 2. The predicted molar refractivity (Wildman–Crippen MR) is 90.2 cm³/mol.